The summed E-state index contributed by atoms with van der Waals surface area (Å²) in [5.74, 6) is 0.0964. The van der Waals surface area contributed by atoms with Gasteiger partial charge < -0.3 is 15.8 Å². The van der Waals surface area contributed by atoms with E-state index < -0.39 is 13.0 Å². The standard InChI is InChI=1S/C9H14F2N4O2/c10-7(11)5-17-2-1-8(16)13-3-6-4-14-15-9(6)12/h4,7H,1-3,5H2,(H,13,16)(H3,12,14,15). The molecular weight excluding hydrogens is 234 g/mol. The lowest BCUT2D eigenvalue weighted by molar-refractivity contribution is -0.122. The highest BCUT2D eigenvalue weighted by atomic mass is 19.3. The zero-order valence-corrected chi connectivity index (χ0v) is 9.08. The molecule has 96 valence electrons. The van der Waals surface area contributed by atoms with Crippen LogP contribution in [-0.4, -0.2) is 35.7 Å². The Hall–Kier alpha value is -1.70. The zero-order chi connectivity index (χ0) is 12.7. The summed E-state index contributed by atoms with van der Waals surface area (Å²) < 4.78 is 27.9. The number of aromatic nitrogens is 2. The van der Waals surface area contributed by atoms with Crippen molar-refractivity contribution in [3.8, 4) is 0 Å². The van der Waals surface area contributed by atoms with E-state index in [0.717, 1.165) is 0 Å². The van der Waals surface area contributed by atoms with Crippen molar-refractivity contribution in [3.63, 3.8) is 0 Å². The van der Waals surface area contributed by atoms with Crippen LogP contribution in [0.3, 0.4) is 0 Å². The number of nitrogens with one attached hydrogen (secondary N) is 2. The lowest BCUT2D eigenvalue weighted by Gasteiger charge is -2.05. The van der Waals surface area contributed by atoms with Gasteiger partial charge in [0.2, 0.25) is 5.91 Å². The monoisotopic (exact) mass is 248 g/mol. The highest BCUT2D eigenvalue weighted by Gasteiger charge is 2.06. The summed E-state index contributed by atoms with van der Waals surface area (Å²) in [7, 11) is 0. The molecule has 0 atom stereocenters. The normalized spacial score (nSPS) is 10.8. The van der Waals surface area contributed by atoms with Crippen molar-refractivity contribution < 1.29 is 18.3 Å². The Morgan fingerprint density at radius 1 is 1.65 bits per heavy atom. The van der Waals surface area contributed by atoms with Crippen molar-refractivity contribution >= 4 is 11.7 Å². The highest BCUT2D eigenvalue weighted by Crippen LogP contribution is 2.04. The van der Waals surface area contributed by atoms with Crippen LogP contribution >= 0.6 is 0 Å². The Balaban J connectivity index is 2.11. The van der Waals surface area contributed by atoms with E-state index in [1.54, 1.807) is 0 Å². The van der Waals surface area contributed by atoms with Crippen LogP contribution in [0.15, 0.2) is 6.20 Å². The molecular formula is C9H14F2N4O2. The number of rotatable bonds is 7. The number of halogens is 2. The lowest BCUT2D eigenvalue weighted by Crippen LogP contribution is -2.24. The van der Waals surface area contributed by atoms with E-state index >= 15 is 0 Å². The quantitative estimate of drug-likeness (QED) is 0.604. The Morgan fingerprint density at radius 2 is 2.41 bits per heavy atom. The van der Waals surface area contributed by atoms with E-state index in [0.29, 0.717) is 11.4 Å². The molecule has 0 aliphatic heterocycles. The van der Waals surface area contributed by atoms with Gasteiger partial charge in [-0.1, -0.05) is 0 Å². The first-order valence-corrected chi connectivity index (χ1v) is 5.00. The molecule has 1 rings (SSSR count). The average molecular weight is 248 g/mol. The second kappa shape index (κ2) is 6.79. The fourth-order valence-corrected chi connectivity index (χ4v) is 1.08. The molecule has 0 saturated carbocycles. The topological polar surface area (TPSA) is 93.0 Å². The first kappa shape index (κ1) is 13.4. The van der Waals surface area contributed by atoms with Gasteiger partial charge >= 0.3 is 0 Å². The van der Waals surface area contributed by atoms with Crippen molar-refractivity contribution in [2.45, 2.75) is 19.4 Å². The van der Waals surface area contributed by atoms with E-state index in [9.17, 15) is 13.6 Å². The van der Waals surface area contributed by atoms with Gasteiger partial charge in [-0.15, -0.1) is 0 Å². The number of nitrogens with zero attached hydrogens (tertiary/aromatic N) is 1. The summed E-state index contributed by atoms with van der Waals surface area (Å²) >= 11 is 0. The van der Waals surface area contributed by atoms with E-state index in [2.05, 4.69) is 20.3 Å². The summed E-state index contributed by atoms with van der Waals surface area (Å²) in [6.07, 6.45) is -0.975. The van der Waals surface area contributed by atoms with Gasteiger partial charge in [0.05, 0.1) is 12.8 Å². The van der Waals surface area contributed by atoms with Gasteiger partial charge in [-0.2, -0.15) is 5.10 Å². The maximum absolute atomic E-state index is 11.7. The number of ether oxygens (including phenoxy) is 1. The van der Waals surface area contributed by atoms with Crippen molar-refractivity contribution in [3.05, 3.63) is 11.8 Å². The van der Waals surface area contributed by atoms with E-state index in [1.807, 2.05) is 0 Å². The fraction of sp³-hybridized carbons (Fsp3) is 0.556. The molecule has 17 heavy (non-hydrogen) atoms. The molecule has 0 spiro atoms. The molecule has 6 nitrogen and oxygen atoms in total. The largest absolute Gasteiger partial charge is 0.384 e. The Morgan fingerprint density at radius 3 is 3.00 bits per heavy atom. The molecule has 0 aliphatic rings. The van der Waals surface area contributed by atoms with Gasteiger partial charge in [0.1, 0.15) is 12.4 Å². The Bertz CT molecular complexity index is 357. The molecule has 0 unspecified atom stereocenters. The van der Waals surface area contributed by atoms with E-state index in [4.69, 9.17) is 5.73 Å². The lowest BCUT2D eigenvalue weighted by atomic mass is 10.3. The molecule has 0 aliphatic carbocycles. The number of nitrogens with two attached hydrogens (primary N) is 1. The number of carbonyl (C=O) groups is 1. The first-order valence-electron chi connectivity index (χ1n) is 5.00. The van der Waals surface area contributed by atoms with Gasteiger partial charge in [-0.3, -0.25) is 9.89 Å². The first-order chi connectivity index (χ1) is 8.09. The summed E-state index contributed by atoms with van der Waals surface area (Å²) in [6, 6.07) is 0. The Labute approximate surface area is 96.5 Å². The molecule has 1 amide bonds. The van der Waals surface area contributed by atoms with Crippen LogP contribution in [0.2, 0.25) is 0 Å². The van der Waals surface area contributed by atoms with Crippen LogP contribution in [0.25, 0.3) is 0 Å². The number of H-pyrrole nitrogens is 1. The summed E-state index contributed by atoms with van der Waals surface area (Å²) in [4.78, 5) is 11.2. The van der Waals surface area contributed by atoms with Crippen molar-refractivity contribution in [2.24, 2.45) is 0 Å². The summed E-state index contributed by atoms with van der Waals surface area (Å²) in [5, 5.41) is 8.78. The van der Waals surface area contributed by atoms with Crippen LogP contribution in [0.1, 0.15) is 12.0 Å². The molecule has 0 aromatic carbocycles. The van der Waals surface area contributed by atoms with E-state index in [1.165, 1.54) is 6.20 Å². The second-order valence-corrected chi connectivity index (χ2v) is 3.30. The Kier molecular flexibility index (Phi) is 5.34. The third kappa shape index (κ3) is 5.25. The molecule has 1 aromatic heterocycles. The van der Waals surface area contributed by atoms with Crippen LogP contribution in [0.5, 0.6) is 0 Å². The number of hydrogen-bond donors (Lipinski definition) is 3. The maximum Gasteiger partial charge on any atom is 0.261 e. The minimum absolute atomic E-state index is 0.0307. The molecule has 0 fully saturated rings. The van der Waals surface area contributed by atoms with E-state index in [-0.39, 0.29) is 25.5 Å². The highest BCUT2D eigenvalue weighted by molar-refractivity contribution is 5.76. The predicted octanol–water partition coefficient (Wildman–Crippen LogP) is 0.280. The van der Waals surface area contributed by atoms with Gasteiger partial charge in [0, 0.05) is 18.5 Å². The molecule has 1 heterocycles. The van der Waals surface area contributed by atoms with Crippen molar-refractivity contribution in [2.75, 3.05) is 18.9 Å². The third-order valence-electron chi connectivity index (χ3n) is 1.94. The number of alkyl halides is 2. The molecule has 0 bridgehead atoms. The zero-order valence-electron chi connectivity index (χ0n) is 9.08. The van der Waals surface area contributed by atoms with Crippen LogP contribution in [0, 0.1) is 0 Å². The molecule has 4 N–H and O–H groups in total. The van der Waals surface area contributed by atoms with Crippen LogP contribution in [0.4, 0.5) is 14.6 Å². The van der Waals surface area contributed by atoms with Crippen molar-refractivity contribution in [1.29, 1.82) is 0 Å². The van der Waals surface area contributed by atoms with Gasteiger partial charge in [-0.25, -0.2) is 8.78 Å². The SMILES string of the molecule is Nc1[nH]ncc1CNC(=O)CCOCC(F)F. The fourth-order valence-electron chi connectivity index (χ4n) is 1.08. The van der Waals surface area contributed by atoms with Crippen molar-refractivity contribution in [1.82, 2.24) is 15.5 Å². The number of anilines is 1. The molecule has 8 heteroatoms. The molecule has 0 radical (unpaired) electrons. The number of nitrogen functional groups attached to an aromatic ring is 1. The van der Waals surface area contributed by atoms with Gasteiger partial charge in [-0.05, 0) is 0 Å². The molecule has 0 saturated heterocycles. The second-order valence-electron chi connectivity index (χ2n) is 3.30. The number of amides is 1. The summed E-state index contributed by atoms with van der Waals surface area (Å²) in [5.41, 5.74) is 6.18. The number of aromatic amines is 1. The summed E-state index contributed by atoms with van der Waals surface area (Å²) in [6.45, 7) is -0.436. The number of carbonyl (C=O) groups excluding carboxylic acids is 1. The average Bonchev–Trinajstić information content (AvgIpc) is 2.67. The minimum Gasteiger partial charge on any atom is -0.384 e. The van der Waals surface area contributed by atoms with Gasteiger partial charge in [0.15, 0.2) is 0 Å². The maximum atomic E-state index is 11.7. The van der Waals surface area contributed by atoms with Crippen LogP contribution < -0.4 is 11.1 Å². The smallest absolute Gasteiger partial charge is 0.261 e. The third-order valence-corrected chi connectivity index (χ3v) is 1.94. The predicted molar refractivity (Wildman–Crippen MR) is 56.3 cm³/mol. The van der Waals surface area contributed by atoms with Gasteiger partial charge in [0.25, 0.3) is 6.43 Å². The molecule has 1 aromatic rings. The minimum atomic E-state index is -2.51. The van der Waals surface area contributed by atoms with Crippen LogP contribution in [-0.2, 0) is 16.1 Å². The number of hydrogen-bond acceptors (Lipinski definition) is 4.